The van der Waals surface area contributed by atoms with Crippen molar-refractivity contribution in [3.05, 3.63) is 29.8 Å². The lowest BCUT2D eigenvalue weighted by Crippen LogP contribution is -2.41. The highest BCUT2D eigenvalue weighted by molar-refractivity contribution is 5.55. The summed E-state index contributed by atoms with van der Waals surface area (Å²) in [6, 6.07) is 9.71. The number of anilines is 1. The zero-order valence-corrected chi connectivity index (χ0v) is 12.9. The average molecular weight is 272 g/mol. The molecule has 0 unspecified atom stereocenters. The van der Waals surface area contributed by atoms with Crippen molar-refractivity contribution in [2.45, 2.75) is 52.1 Å². The molecule has 20 heavy (non-hydrogen) atoms. The molecule has 1 aromatic rings. The fourth-order valence-electron chi connectivity index (χ4n) is 3.94. The molecular weight excluding hydrogens is 244 g/mol. The van der Waals surface area contributed by atoms with Crippen molar-refractivity contribution in [3.8, 4) is 0 Å². The number of rotatable bonds is 2. The summed E-state index contributed by atoms with van der Waals surface area (Å²) in [7, 11) is 0. The topological polar surface area (TPSA) is 15.3 Å². The molecule has 0 aromatic heterocycles. The van der Waals surface area contributed by atoms with E-state index in [2.05, 4.69) is 48.3 Å². The molecule has 1 aliphatic heterocycles. The van der Waals surface area contributed by atoms with E-state index in [9.17, 15) is 0 Å². The van der Waals surface area contributed by atoms with Crippen LogP contribution in [0.1, 0.15) is 45.1 Å². The van der Waals surface area contributed by atoms with Gasteiger partial charge in [-0.3, -0.25) is 0 Å². The van der Waals surface area contributed by atoms with E-state index in [4.69, 9.17) is 0 Å². The molecule has 1 saturated carbocycles. The number of hydrogen-bond acceptors (Lipinski definition) is 2. The van der Waals surface area contributed by atoms with E-state index in [1.807, 2.05) is 0 Å². The summed E-state index contributed by atoms with van der Waals surface area (Å²) in [5, 5.41) is 3.56. The molecule has 2 aliphatic rings. The minimum Gasteiger partial charge on any atom is -0.367 e. The van der Waals surface area contributed by atoms with Crippen molar-refractivity contribution in [2.24, 2.45) is 11.8 Å². The van der Waals surface area contributed by atoms with Crippen LogP contribution in [0.25, 0.3) is 0 Å². The van der Waals surface area contributed by atoms with Gasteiger partial charge in [-0.2, -0.15) is 0 Å². The first-order valence-corrected chi connectivity index (χ1v) is 8.31. The van der Waals surface area contributed by atoms with Gasteiger partial charge in [-0.25, -0.2) is 0 Å². The molecule has 0 radical (unpaired) electrons. The Labute approximate surface area is 123 Å². The third kappa shape index (κ3) is 2.85. The van der Waals surface area contributed by atoms with Gasteiger partial charge in [-0.1, -0.05) is 32.0 Å². The summed E-state index contributed by atoms with van der Waals surface area (Å²) >= 11 is 0. The number of hydrogen-bond donors (Lipinski definition) is 1. The predicted molar refractivity (Wildman–Crippen MR) is 86.1 cm³/mol. The fourth-order valence-corrected chi connectivity index (χ4v) is 3.94. The molecule has 110 valence electrons. The van der Waals surface area contributed by atoms with Crippen molar-refractivity contribution in [1.29, 1.82) is 0 Å². The maximum absolute atomic E-state index is 3.56. The Morgan fingerprint density at radius 3 is 2.60 bits per heavy atom. The monoisotopic (exact) mass is 272 g/mol. The third-order valence-corrected chi connectivity index (χ3v) is 5.27. The average Bonchev–Trinajstić information content (AvgIpc) is 2.69. The van der Waals surface area contributed by atoms with Crippen LogP contribution in [0.15, 0.2) is 24.3 Å². The number of nitrogens with zero attached hydrogens (tertiary/aromatic N) is 1. The van der Waals surface area contributed by atoms with Gasteiger partial charge in [0, 0.05) is 31.4 Å². The third-order valence-electron chi connectivity index (χ3n) is 5.27. The van der Waals surface area contributed by atoms with E-state index in [1.54, 1.807) is 0 Å². The van der Waals surface area contributed by atoms with Crippen LogP contribution in [0.3, 0.4) is 0 Å². The molecule has 0 spiro atoms. The van der Waals surface area contributed by atoms with Gasteiger partial charge in [0.25, 0.3) is 0 Å². The Balaban J connectivity index is 1.74. The van der Waals surface area contributed by atoms with Crippen LogP contribution < -0.4 is 10.2 Å². The summed E-state index contributed by atoms with van der Waals surface area (Å²) in [6.07, 6.45) is 5.57. The molecule has 3 rings (SSSR count). The molecule has 1 aliphatic carbocycles. The van der Waals surface area contributed by atoms with Crippen LogP contribution in [0.2, 0.25) is 0 Å². The number of fused-ring (bicyclic) bond motifs is 1. The van der Waals surface area contributed by atoms with Gasteiger partial charge in [-0.15, -0.1) is 0 Å². The van der Waals surface area contributed by atoms with Crippen molar-refractivity contribution in [1.82, 2.24) is 5.32 Å². The van der Waals surface area contributed by atoms with Gasteiger partial charge < -0.3 is 10.2 Å². The maximum Gasteiger partial charge on any atom is 0.0414 e. The van der Waals surface area contributed by atoms with Gasteiger partial charge in [0.1, 0.15) is 0 Å². The smallest absolute Gasteiger partial charge is 0.0414 e. The SMILES string of the molecule is CC(C)C1CCC(N2CCNCc3ccccc32)CC1. The van der Waals surface area contributed by atoms with E-state index in [1.165, 1.54) is 36.9 Å². The zero-order valence-electron chi connectivity index (χ0n) is 12.9. The predicted octanol–water partition coefficient (Wildman–Crippen LogP) is 3.81. The van der Waals surface area contributed by atoms with Gasteiger partial charge in [-0.05, 0) is 49.1 Å². The quantitative estimate of drug-likeness (QED) is 0.880. The Morgan fingerprint density at radius 1 is 1.10 bits per heavy atom. The van der Waals surface area contributed by atoms with Crippen molar-refractivity contribution in [2.75, 3.05) is 18.0 Å². The van der Waals surface area contributed by atoms with Crippen LogP contribution >= 0.6 is 0 Å². The van der Waals surface area contributed by atoms with Gasteiger partial charge >= 0.3 is 0 Å². The number of para-hydroxylation sites is 1. The van der Waals surface area contributed by atoms with E-state index >= 15 is 0 Å². The van der Waals surface area contributed by atoms with Gasteiger partial charge in [0.05, 0.1) is 0 Å². The van der Waals surface area contributed by atoms with Crippen molar-refractivity contribution in [3.63, 3.8) is 0 Å². The summed E-state index contributed by atoms with van der Waals surface area (Å²) in [6.45, 7) is 8.06. The maximum atomic E-state index is 3.56. The highest BCUT2D eigenvalue weighted by atomic mass is 15.2. The standard InChI is InChI=1S/C18H28N2/c1-14(2)15-7-9-17(10-8-15)20-12-11-19-13-16-5-3-4-6-18(16)20/h3-6,14-15,17,19H,7-13H2,1-2H3. The van der Waals surface area contributed by atoms with E-state index < -0.39 is 0 Å². The van der Waals surface area contributed by atoms with Crippen LogP contribution in [0.4, 0.5) is 5.69 Å². The lowest BCUT2D eigenvalue weighted by molar-refractivity contribution is 0.253. The fraction of sp³-hybridized carbons (Fsp3) is 0.667. The minimum atomic E-state index is 0.756. The van der Waals surface area contributed by atoms with Gasteiger partial charge in [0.2, 0.25) is 0 Å². The highest BCUT2D eigenvalue weighted by Crippen LogP contribution is 2.35. The molecule has 1 heterocycles. The summed E-state index contributed by atoms with van der Waals surface area (Å²) < 4.78 is 0. The van der Waals surface area contributed by atoms with Crippen LogP contribution in [-0.2, 0) is 6.54 Å². The minimum absolute atomic E-state index is 0.756. The van der Waals surface area contributed by atoms with Gasteiger partial charge in [0.15, 0.2) is 0 Å². The number of benzene rings is 1. The molecule has 0 saturated heterocycles. The normalized spacial score (nSPS) is 27.2. The summed E-state index contributed by atoms with van der Waals surface area (Å²) in [5.74, 6) is 1.81. The molecule has 1 N–H and O–H groups in total. The summed E-state index contributed by atoms with van der Waals surface area (Å²) in [4.78, 5) is 2.69. The Hall–Kier alpha value is -1.02. The second-order valence-electron chi connectivity index (χ2n) is 6.81. The first kappa shape index (κ1) is 13.9. The van der Waals surface area contributed by atoms with Crippen molar-refractivity contribution < 1.29 is 0 Å². The summed E-state index contributed by atoms with van der Waals surface area (Å²) in [5.41, 5.74) is 2.95. The van der Waals surface area contributed by atoms with E-state index in [0.717, 1.165) is 37.5 Å². The molecule has 0 bridgehead atoms. The highest BCUT2D eigenvalue weighted by Gasteiger charge is 2.28. The van der Waals surface area contributed by atoms with Crippen LogP contribution in [-0.4, -0.2) is 19.1 Å². The second-order valence-corrected chi connectivity index (χ2v) is 6.81. The molecule has 0 atom stereocenters. The Kier molecular flexibility index (Phi) is 4.30. The van der Waals surface area contributed by atoms with Crippen LogP contribution in [0, 0.1) is 11.8 Å². The number of nitrogens with one attached hydrogen (secondary N) is 1. The molecule has 0 amide bonds. The zero-order chi connectivity index (χ0) is 13.9. The lowest BCUT2D eigenvalue weighted by atomic mass is 9.79. The Morgan fingerprint density at radius 2 is 1.85 bits per heavy atom. The molecular formula is C18H28N2. The first-order chi connectivity index (χ1) is 9.75. The van der Waals surface area contributed by atoms with E-state index in [0.29, 0.717) is 0 Å². The largest absolute Gasteiger partial charge is 0.367 e. The van der Waals surface area contributed by atoms with E-state index in [-0.39, 0.29) is 0 Å². The second kappa shape index (κ2) is 6.17. The Bertz CT molecular complexity index is 433. The van der Waals surface area contributed by atoms with Crippen LogP contribution in [0.5, 0.6) is 0 Å². The first-order valence-electron chi connectivity index (χ1n) is 8.31. The molecule has 2 heteroatoms. The molecule has 1 fully saturated rings. The molecule has 1 aromatic carbocycles. The molecule has 2 nitrogen and oxygen atoms in total. The van der Waals surface area contributed by atoms with Crippen molar-refractivity contribution >= 4 is 5.69 Å². The lowest BCUT2D eigenvalue weighted by Gasteiger charge is -2.39.